The lowest BCUT2D eigenvalue weighted by molar-refractivity contribution is 0.559. The minimum atomic E-state index is -0.598. The van der Waals surface area contributed by atoms with Gasteiger partial charge in [-0.15, -0.1) is 0 Å². The van der Waals surface area contributed by atoms with Gasteiger partial charge in [0.15, 0.2) is 12.3 Å². The molecule has 18 heavy (non-hydrogen) atoms. The van der Waals surface area contributed by atoms with Crippen molar-refractivity contribution in [2.45, 2.75) is 12.3 Å². The molecule has 0 fully saturated rings. The Labute approximate surface area is 122 Å². The van der Waals surface area contributed by atoms with Crippen LogP contribution in [-0.2, 0) is 9.59 Å². The molecule has 0 aromatic heterocycles. The second-order valence-electron chi connectivity index (χ2n) is 2.41. The van der Waals surface area contributed by atoms with Crippen LogP contribution in [0.3, 0.4) is 0 Å². The Balaban J connectivity index is 4.09. The first-order valence-corrected chi connectivity index (χ1v) is 7.61. The molecular formula is C8H6N4O2S4. The molecule has 0 aliphatic rings. The topological polar surface area (TPSA) is 83.6 Å². The van der Waals surface area contributed by atoms with E-state index in [-0.39, 0.29) is 0 Å². The molecule has 0 aromatic carbocycles. The van der Waals surface area contributed by atoms with E-state index >= 15 is 0 Å². The normalized spacial score (nSPS) is 11.8. The highest BCUT2D eigenvalue weighted by Crippen LogP contribution is 2.24. The van der Waals surface area contributed by atoms with Crippen molar-refractivity contribution in [2.24, 2.45) is 20.0 Å². The number of nitrogens with zero attached hydrogens (tertiary/aromatic N) is 4. The highest BCUT2D eigenvalue weighted by molar-refractivity contribution is 8.76. The Morgan fingerprint density at radius 3 is 1.50 bits per heavy atom. The van der Waals surface area contributed by atoms with Crippen LogP contribution in [0.4, 0.5) is 0 Å². The summed E-state index contributed by atoms with van der Waals surface area (Å²) in [6.45, 7) is 0. The fourth-order valence-corrected chi connectivity index (χ4v) is 2.95. The van der Waals surface area contributed by atoms with Crippen LogP contribution in [0.15, 0.2) is 20.0 Å². The highest BCUT2D eigenvalue weighted by Gasteiger charge is 2.07. The lowest BCUT2D eigenvalue weighted by Crippen LogP contribution is -2.05. The van der Waals surface area contributed by atoms with E-state index in [0.29, 0.717) is 11.5 Å². The molecule has 0 saturated carbocycles. The average Bonchev–Trinajstić information content (AvgIpc) is 2.35. The van der Waals surface area contributed by atoms with E-state index in [9.17, 15) is 9.59 Å². The molecule has 0 heterocycles. The van der Waals surface area contributed by atoms with Crippen molar-refractivity contribution in [3.8, 4) is 0 Å². The molecule has 2 atom stereocenters. The van der Waals surface area contributed by atoms with E-state index in [1.165, 1.54) is 33.7 Å². The first kappa shape index (κ1) is 17.1. The van der Waals surface area contributed by atoms with E-state index in [1.807, 2.05) is 0 Å². The average molecular weight is 318 g/mol. The van der Waals surface area contributed by atoms with Gasteiger partial charge in [0.25, 0.3) is 0 Å². The zero-order valence-electron chi connectivity index (χ0n) is 8.81. The zero-order valence-corrected chi connectivity index (χ0v) is 12.1. The SMILES string of the molecule is O=C=NC(CSSCC(N=C=O)N=C=S)N=C=S. The van der Waals surface area contributed by atoms with Gasteiger partial charge in [0.05, 0.1) is 10.3 Å². The van der Waals surface area contributed by atoms with E-state index in [0.717, 1.165) is 0 Å². The van der Waals surface area contributed by atoms with Crippen molar-refractivity contribution in [1.29, 1.82) is 0 Å². The summed E-state index contributed by atoms with van der Waals surface area (Å²) in [5.41, 5.74) is 0. The van der Waals surface area contributed by atoms with Gasteiger partial charge in [-0.05, 0) is 24.4 Å². The third kappa shape index (κ3) is 9.13. The monoisotopic (exact) mass is 318 g/mol. The van der Waals surface area contributed by atoms with Gasteiger partial charge in [-0.3, -0.25) is 0 Å². The smallest absolute Gasteiger partial charge is 0.211 e. The van der Waals surface area contributed by atoms with E-state index in [1.54, 1.807) is 0 Å². The summed E-state index contributed by atoms with van der Waals surface area (Å²) in [5.74, 6) is 0.838. The molecule has 0 saturated heterocycles. The number of rotatable bonds is 9. The summed E-state index contributed by atoms with van der Waals surface area (Å²) in [7, 11) is 2.75. The number of isothiocyanates is 2. The molecule has 0 rings (SSSR count). The van der Waals surface area contributed by atoms with E-state index in [4.69, 9.17) is 0 Å². The lowest BCUT2D eigenvalue weighted by atomic mass is 10.6. The molecule has 0 N–H and O–H groups in total. The van der Waals surface area contributed by atoms with Crippen molar-refractivity contribution in [2.75, 3.05) is 11.5 Å². The number of hydrogen-bond donors (Lipinski definition) is 0. The minimum absolute atomic E-state index is 0.419. The molecule has 0 radical (unpaired) electrons. The van der Waals surface area contributed by atoms with E-state index in [2.05, 4.69) is 54.7 Å². The Morgan fingerprint density at radius 1 is 0.833 bits per heavy atom. The summed E-state index contributed by atoms with van der Waals surface area (Å²) < 4.78 is 0. The van der Waals surface area contributed by atoms with Gasteiger partial charge in [0.1, 0.15) is 0 Å². The molecule has 0 bridgehead atoms. The minimum Gasteiger partial charge on any atom is -0.211 e. The van der Waals surface area contributed by atoms with E-state index < -0.39 is 12.3 Å². The third-order valence-electron chi connectivity index (χ3n) is 1.32. The molecule has 0 amide bonds. The predicted octanol–water partition coefficient (Wildman–Crippen LogP) is 1.90. The van der Waals surface area contributed by atoms with Gasteiger partial charge in [0, 0.05) is 11.5 Å². The van der Waals surface area contributed by atoms with Gasteiger partial charge in [-0.2, -0.15) is 9.98 Å². The van der Waals surface area contributed by atoms with Crippen LogP contribution in [0, 0.1) is 0 Å². The van der Waals surface area contributed by atoms with Crippen molar-refractivity contribution in [3.63, 3.8) is 0 Å². The predicted molar refractivity (Wildman–Crippen MR) is 78.8 cm³/mol. The highest BCUT2D eigenvalue weighted by atomic mass is 33.1. The number of hydrogen-bond acceptors (Lipinski definition) is 10. The molecule has 0 aliphatic carbocycles. The Kier molecular flexibility index (Phi) is 11.9. The summed E-state index contributed by atoms with van der Waals surface area (Å²) in [6.07, 6.45) is 1.61. The maximum absolute atomic E-state index is 10.1. The maximum atomic E-state index is 10.1. The van der Waals surface area contributed by atoms with Crippen molar-refractivity contribution in [3.05, 3.63) is 0 Å². The number of aliphatic imine (C=N–C) groups is 4. The van der Waals surface area contributed by atoms with Crippen LogP contribution in [0.25, 0.3) is 0 Å². The first-order chi connectivity index (χ1) is 8.78. The van der Waals surface area contributed by atoms with Crippen LogP contribution in [0.2, 0.25) is 0 Å². The third-order valence-corrected chi connectivity index (χ3v) is 3.89. The fourth-order valence-electron chi connectivity index (χ4n) is 0.668. The van der Waals surface area contributed by atoms with Crippen LogP contribution >= 0.6 is 46.0 Å². The fraction of sp³-hybridized carbons (Fsp3) is 0.500. The van der Waals surface area contributed by atoms with Crippen molar-refractivity contribution >= 4 is 68.5 Å². The van der Waals surface area contributed by atoms with Gasteiger partial charge >= 0.3 is 0 Å². The van der Waals surface area contributed by atoms with Gasteiger partial charge in [-0.1, -0.05) is 21.6 Å². The molecule has 10 heteroatoms. The second kappa shape index (κ2) is 12.5. The van der Waals surface area contributed by atoms with Crippen LogP contribution in [0.1, 0.15) is 0 Å². The van der Waals surface area contributed by atoms with Crippen LogP contribution in [0.5, 0.6) is 0 Å². The molecule has 2 unspecified atom stereocenters. The molecule has 0 aliphatic heterocycles. The van der Waals surface area contributed by atoms with Gasteiger partial charge < -0.3 is 0 Å². The first-order valence-electron chi connectivity index (χ1n) is 4.30. The lowest BCUT2D eigenvalue weighted by Gasteiger charge is -2.04. The van der Waals surface area contributed by atoms with Gasteiger partial charge in [0.2, 0.25) is 12.2 Å². The number of thiocarbonyl (C=S) groups is 2. The molecular weight excluding hydrogens is 312 g/mol. The Bertz CT molecular complexity index is 368. The Hall–Kier alpha value is -0.940. The Morgan fingerprint density at radius 2 is 1.22 bits per heavy atom. The molecule has 0 spiro atoms. The summed E-state index contributed by atoms with van der Waals surface area (Å²) in [6, 6.07) is 0. The summed E-state index contributed by atoms with van der Waals surface area (Å²) >= 11 is 8.83. The quantitative estimate of drug-likeness (QED) is 0.212. The second-order valence-corrected chi connectivity index (χ2v) is 5.33. The molecule has 94 valence electrons. The van der Waals surface area contributed by atoms with Crippen molar-refractivity contribution < 1.29 is 9.59 Å². The van der Waals surface area contributed by atoms with Crippen LogP contribution < -0.4 is 0 Å². The van der Waals surface area contributed by atoms with Gasteiger partial charge in [-0.25, -0.2) is 19.6 Å². The zero-order chi connectivity index (χ0) is 13.6. The maximum Gasteiger partial charge on any atom is 0.237 e. The largest absolute Gasteiger partial charge is 0.237 e. The number of isocyanates is 2. The summed E-state index contributed by atoms with van der Waals surface area (Å²) in [4.78, 5) is 34.3. The van der Waals surface area contributed by atoms with Crippen molar-refractivity contribution in [1.82, 2.24) is 0 Å². The molecule has 0 aromatic rings. The standard InChI is InChI=1S/C8H6N4O2S4/c13-3-9-7(11-5-15)1-17-18-2-8(10-4-14)12-6-16/h7-8H,1-2H2. The summed E-state index contributed by atoms with van der Waals surface area (Å²) in [5, 5.41) is 4.29. The number of carbonyl (C=O) groups excluding carboxylic acids is 2. The molecule has 6 nitrogen and oxygen atoms in total. The van der Waals surface area contributed by atoms with Crippen LogP contribution in [-0.4, -0.2) is 46.3 Å².